The van der Waals surface area contributed by atoms with E-state index in [0.717, 1.165) is 5.56 Å². The van der Waals surface area contributed by atoms with Gasteiger partial charge in [-0.25, -0.2) is 4.79 Å². The Balaban J connectivity index is 1.78. The van der Waals surface area contributed by atoms with Crippen molar-refractivity contribution in [3.05, 3.63) is 66.2 Å². The van der Waals surface area contributed by atoms with Gasteiger partial charge < -0.3 is 10.6 Å². The maximum atomic E-state index is 13.5. The van der Waals surface area contributed by atoms with Crippen LogP contribution in [0.4, 0.5) is 23.7 Å². The Kier molecular flexibility index (Phi) is 6.36. The summed E-state index contributed by atoms with van der Waals surface area (Å²) in [6.45, 7) is 1.74. The molecule has 2 aromatic rings. The molecule has 1 fully saturated rings. The van der Waals surface area contributed by atoms with Crippen LogP contribution in [0.15, 0.2) is 60.7 Å². The SMILES string of the molecule is CC(NC(=O)[C@@H]1CS[C@@H](C(F)(F)F)N1C(=O)Nc1ccccc1)c1ccccc1. The van der Waals surface area contributed by atoms with Gasteiger partial charge in [0.05, 0.1) is 6.04 Å². The highest BCUT2D eigenvalue weighted by molar-refractivity contribution is 8.00. The summed E-state index contributed by atoms with van der Waals surface area (Å²) in [5.41, 5.74) is 1.17. The van der Waals surface area contributed by atoms with E-state index in [1.54, 1.807) is 37.3 Å². The summed E-state index contributed by atoms with van der Waals surface area (Å²) in [5.74, 6) is -0.761. The lowest BCUT2D eigenvalue weighted by molar-refractivity contribution is -0.154. The van der Waals surface area contributed by atoms with Gasteiger partial charge in [0, 0.05) is 11.4 Å². The monoisotopic (exact) mass is 423 g/mol. The van der Waals surface area contributed by atoms with Crippen LogP contribution in [0.25, 0.3) is 0 Å². The van der Waals surface area contributed by atoms with Crippen LogP contribution in [-0.2, 0) is 4.79 Å². The number of halogens is 3. The largest absolute Gasteiger partial charge is 0.418 e. The Bertz CT molecular complexity index is 849. The predicted molar refractivity (Wildman–Crippen MR) is 106 cm³/mol. The fraction of sp³-hybridized carbons (Fsp3) is 0.300. The van der Waals surface area contributed by atoms with Crippen molar-refractivity contribution in [3.63, 3.8) is 0 Å². The zero-order valence-corrected chi connectivity index (χ0v) is 16.3. The summed E-state index contributed by atoms with van der Waals surface area (Å²) in [5, 5.41) is 3.08. The van der Waals surface area contributed by atoms with E-state index in [2.05, 4.69) is 10.6 Å². The molecule has 1 unspecified atom stereocenters. The molecule has 3 atom stereocenters. The molecule has 2 aromatic carbocycles. The molecule has 1 saturated heterocycles. The minimum Gasteiger partial charge on any atom is -0.348 e. The van der Waals surface area contributed by atoms with E-state index in [1.165, 1.54) is 0 Å². The van der Waals surface area contributed by atoms with Crippen molar-refractivity contribution in [1.82, 2.24) is 10.2 Å². The maximum absolute atomic E-state index is 13.5. The number of para-hydroxylation sites is 1. The van der Waals surface area contributed by atoms with Gasteiger partial charge in [-0.3, -0.25) is 9.69 Å². The summed E-state index contributed by atoms with van der Waals surface area (Å²) in [6.07, 6.45) is -4.65. The number of anilines is 1. The van der Waals surface area contributed by atoms with Crippen molar-refractivity contribution in [3.8, 4) is 0 Å². The number of amides is 3. The smallest absolute Gasteiger partial charge is 0.348 e. The molecular formula is C20H20F3N3O2S. The molecule has 9 heteroatoms. The standard InChI is InChI=1S/C20H20F3N3O2S/c1-13(14-8-4-2-5-9-14)24-17(27)16-12-29-18(20(21,22)23)26(16)19(28)25-15-10-6-3-7-11-15/h2-11,13,16,18H,12H2,1H3,(H,24,27)(H,25,28)/t13?,16-,18-/m0/s1. The van der Waals surface area contributed by atoms with Gasteiger partial charge in [-0.1, -0.05) is 48.5 Å². The molecule has 2 N–H and O–H groups in total. The molecule has 1 aliphatic rings. The Labute approximate surface area is 170 Å². The lowest BCUT2D eigenvalue weighted by Gasteiger charge is -2.30. The highest BCUT2D eigenvalue weighted by atomic mass is 32.2. The van der Waals surface area contributed by atoms with E-state index in [0.29, 0.717) is 22.3 Å². The minimum absolute atomic E-state index is 0.139. The lowest BCUT2D eigenvalue weighted by atomic mass is 10.1. The van der Waals surface area contributed by atoms with Gasteiger partial charge in [0.15, 0.2) is 5.37 Å². The van der Waals surface area contributed by atoms with E-state index in [4.69, 9.17) is 0 Å². The van der Waals surface area contributed by atoms with E-state index < -0.39 is 35.6 Å². The van der Waals surface area contributed by atoms with Crippen LogP contribution in [0.3, 0.4) is 0 Å². The van der Waals surface area contributed by atoms with Crippen LogP contribution in [0.1, 0.15) is 18.5 Å². The Morgan fingerprint density at radius 2 is 1.66 bits per heavy atom. The first-order valence-electron chi connectivity index (χ1n) is 8.95. The summed E-state index contributed by atoms with van der Waals surface area (Å²) in [7, 11) is 0. The maximum Gasteiger partial charge on any atom is 0.418 e. The Morgan fingerprint density at radius 1 is 1.07 bits per heavy atom. The number of benzene rings is 2. The van der Waals surface area contributed by atoms with Crippen LogP contribution in [-0.4, -0.2) is 40.2 Å². The zero-order chi connectivity index (χ0) is 21.0. The molecule has 0 aromatic heterocycles. The van der Waals surface area contributed by atoms with Crippen molar-refractivity contribution < 1.29 is 22.8 Å². The highest BCUT2D eigenvalue weighted by Crippen LogP contribution is 2.40. The second-order valence-electron chi connectivity index (χ2n) is 6.59. The second-order valence-corrected chi connectivity index (χ2v) is 7.70. The molecule has 0 spiro atoms. The molecule has 5 nitrogen and oxygen atoms in total. The van der Waals surface area contributed by atoms with Crippen molar-refractivity contribution in [1.29, 1.82) is 0 Å². The third-order valence-corrected chi connectivity index (χ3v) is 5.82. The fourth-order valence-corrected chi connectivity index (χ4v) is 4.32. The summed E-state index contributed by atoms with van der Waals surface area (Å²) in [4.78, 5) is 26.0. The minimum atomic E-state index is -4.65. The molecule has 29 heavy (non-hydrogen) atoms. The molecule has 0 aliphatic carbocycles. The molecule has 0 bridgehead atoms. The number of alkyl halides is 3. The Morgan fingerprint density at radius 3 is 2.24 bits per heavy atom. The van der Waals surface area contributed by atoms with Gasteiger partial charge >= 0.3 is 12.2 Å². The van der Waals surface area contributed by atoms with E-state index in [9.17, 15) is 22.8 Å². The zero-order valence-electron chi connectivity index (χ0n) is 15.5. The predicted octanol–water partition coefficient (Wildman–Crippen LogP) is 4.40. The number of hydrogen-bond donors (Lipinski definition) is 2. The van der Waals surface area contributed by atoms with Gasteiger partial charge in [-0.05, 0) is 24.6 Å². The number of carbonyl (C=O) groups excluding carboxylic acids is 2. The molecule has 1 heterocycles. The van der Waals surface area contributed by atoms with Crippen LogP contribution < -0.4 is 10.6 Å². The molecule has 154 valence electrons. The van der Waals surface area contributed by atoms with Crippen molar-refractivity contribution in [2.24, 2.45) is 0 Å². The van der Waals surface area contributed by atoms with E-state index in [-0.39, 0.29) is 5.75 Å². The molecule has 0 radical (unpaired) electrons. The van der Waals surface area contributed by atoms with Gasteiger partial charge in [-0.15, -0.1) is 11.8 Å². The van der Waals surface area contributed by atoms with Crippen LogP contribution in [0.2, 0.25) is 0 Å². The molecule has 3 rings (SSSR count). The normalized spacial score (nSPS) is 20.2. The number of hydrogen-bond acceptors (Lipinski definition) is 3. The lowest BCUT2D eigenvalue weighted by Crippen LogP contribution is -2.54. The molecule has 1 aliphatic heterocycles. The van der Waals surface area contributed by atoms with Gasteiger partial charge in [-0.2, -0.15) is 13.2 Å². The number of rotatable bonds is 4. The number of urea groups is 1. The van der Waals surface area contributed by atoms with Crippen molar-refractivity contribution in [2.75, 3.05) is 11.1 Å². The molecular weight excluding hydrogens is 403 g/mol. The topological polar surface area (TPSA) is 61.4 Å². The highest BCUT2D eigenvalue weighted by Gasteiger charge is 2.54. The van der Waals surface area contributed by atoms with Crippen molar-refractivity contribution >= 4 is 29.4 Å². The third kappa shape index (κ3) is 5.03. The number of nitrogens with zero attached hydrogens (tertiary/aromatic N) is 1. The third-order valence-electron chi connectivity index (χ3n) is 4.50. The summed E-state index contributed by atoms with van der Waals surface area (Å²) < 4.78 is 40.5. The van der Waals surface area contributed by atoms with E-state index >= 15 is 0 Å². The first kappa shape index (κ1) is 21.0. The van der Waals surface area contributed by atoms with Crippen LogP contribution in [0.5, 0.6) is 0 Å². The average Bonchev–Trinajstić information content (AvgIpc) is 3.15. The fourth-order valence-electron chi connectivity index (χ4n) is 3.05. The molecule has 3 amide bonds. The summed E-state index contributed by atoms with van der Waals surface area (Å²) >= 11 is 0.535. The summed E-state index contributed by atoms with van der Waals surface area (Å²) in [6, 6.07) is 14.6. The Hall–Kier alpha value is -2.68. The first-order valence-corrected chi connectivity index (χ1v) is 10.00. The average molecular weight is 423 g/mol. The van der Waals surface area contributed by atoms with Crippen molar-refractivity contribution in [2.45, 2.75) is 30.6 Å². The van der Waals surface area contributed by atoms with Gasteiger partial charge in [0.2, 0.25) is 5.91 Å². The number of nitrogens with one attached hydrogen (secondary N) is 2. The van der Waals surface area contributed by atoms with Crippen LogP contribution in [0, 0.1) is 0 Å². The second kappa shape index (κ2) is 8.77. The number of carbonyl (C=O) groups is 2. The van der Waals surface area contributed by atoms with Gasteiger partial charge in [0.1, 0.15) is 6.04 Å². The molecule has 0 saturated carbocycles. The van der Waals surface area contributed by atoms with Crippen LogP contribution >= 0.6 is 11.8 Å². The first-order chi connectivity index (χ1) is 13.8. The number of thioether (sulfide) groups is 1. The van der Waals surface area contributed by atoms with Gasteiger partial charge in [0.25, 0.3) is 0 Å². The quantitative estimate of drug-likeness (QED) is 0.766. The van der Waals surface area contributed by atoms with E-state index in [1.807, 2.05) is 30.3 Å².